The van der Waals surface area contributed by atoms with Gasteiger partial charge >= 0.3 is 0 Å². The molecule has 1 N–H and O–H groups in total. The van der Waals surface area contributed by atoms with E-state index in [4.69, 9.17) is 27.9 Å². The van der Waals surface area contributed by atoms with Crippen LogP contribution in [0.15, 0.2) is 76.5 Å². The molecule has 3 aromatic carbocycles. The number of hydrogen-bond acceptors (Lipinski definition) is 6. The molecule has 3 aromatic rings. The van der Waals surface area contributed by atoms with Gasteiger partial charge in [-0.1, -0.05) is 43.1 Å². The third-order valence-corrected chi connectivity index (χ3v) is 9.82. The van der Waals surface area contributed by atoms with E-state index in [0.717, 1.165) is 9.20 Å². The van der Waals surface area contributed by atoms with Gasteiger partial charge in [0.1, 0.15) is 18.3 Å². The van der Waals surface area contributed by atoms with Crippen molar-refractivity contribution >= 4 is 62.5 Å². The van der Waals surface area contributed by atoms with Crippen LogP contribution in [0, 0.1) is 5.92 Å². The summed E-state index contributed by atoms with van der Waals surface area (Å²) in [4.78, 5) is 29.5. The van der Waals surface area contributed by atoms with Gasteiger partial charge in [-0.2, -0.15) is 0 Å². The second-order valence-electron chi connectivity index (χ2n) is 10.2. The molecule has 0 spiro atoms. The van der Waals surface area contributed by atoms with E-state index in [1.54, 1.807) is 61.5 Å². The monoisotopic (exact) mass is 665 g/mol. The number of rotatable bonds is 14. The lowest BCUT2D eigenvalue weighted by atomic mass is 10.1. The molecule has 0 saturated heterocycles. The Morgan fingerprint density at radius 2 is 1.60 bits per heavy atom. The van der Waals surface area contributed by atoms with Gasteiger partial charge < -0.3 is 15.0 Å². The maximum absolute atomic E-state index is 14.1. The molecule has 12 heteroatoms. The molecule has 0 bridgehead atoms. The van der Waals surface area contributed by atoms with E-state index in [1.165, 1.54) is 28.8 Å². The number of sulfonamides is 1. The van der Waals surface area contributed by atoms with E-state index in [0.29, 0.717) is 34.5 Å². The van der Waals surface area contributed by atoms with Crippen LogP contribution in [0.3, 0.4) is 0 Å². The van der Waals surface area contributed by atoms with Crippen LogP contribution in [0.2, 0.25) is 10.0 Å². The van der Waals surface area contributed by atoms with Gasteiger partial charge in [-0.15, -0.1) is 11.8 Å². The molecule has 1 atom stereocenters. The number of carbonyl (C=O) groups excluding carboxylic acids is 2. The molecule has 0 saturated carbocycles. The van der Waals surface area contributed by atoms with Crippen molar-refractivity contribution in [2.75, 3.05) is 30.3 Å². The predicted molar refractivity (Wildman–Crippen MR) is 175 cm³/mol. The third kappa shape index (κ3) is 9.28. The summed E-state index contributed by atoms with van der Waals surface area (Å²) in [5.74, 6) is -0.161. The van der Waals surface area contributed by atoms with E-state index >= 15 is 0 Å². The number of anilines is 1. The highest BCUT2D eigenvalue weighted by Crippen LogP contribution is 2.28. The zero-order valence-corrected chi connectivity index (χ0v) is 28.0. The fourth-order valence-electron chi connectivity index (χ4n) is 4.15. The molecule has 0 unspecified atom stereocenters. The van der Waals surface area contributed by atoms with Gasteiger partial charge in [0.25, 0.3) is 10.0 Å². The number of halogens is 2. The lowest BCUT2D eigenvalue weighted by Gasteiger charge is -2.32. The molecule has 0 aromatic heterocycles. The number of hydrogen-bond donors (Lipinski definition) is 1. The second kappa shape index (κ2) is 15.7. The van der Waals surface area contributed by atoms with Crippen LogP contribution in [0.4, 0.5) is 5.69 Å². The molecule has 2 amide bonds. The van der Waals surface area contributed by atoms with Gasteiger partial charge in [-0.3, -0.25) is 13.9 Å². The minimum atomic E-state index is -4.19. The van der Waals surface area contributed by atoms with Crippen LogP contribution in [0.1, 0.15) is 33.3 Å². The molecule has 0 fully saturated rings. The Kier molecular flexibility index (Phi) is 12.6. The SMILES string of the molecule is CCOc1ccc(N(CC(=O)N(Cc2ccc(Cl)c(Cl)c2)[C@@H](C)C(=O)NCC(C)C)S(=O)(=O)c2ccc(SC)cc2)cc1. The summed E-state index contributed by atoms with van der Waals surface area (Å²) in [7, 11) is -4.19. The number of ether oxygens (including phenoxy) is 1. The summed E-state index contributed by atoms with van der Waals surface area (Å²) >= 11 is 13.8. The van der Waals surface area contributed by atoms with Crippen LogP contribution in [-0.2, 0) is 26.2 Å². The third-order valence-electron chi connectivity index (χ3n) is 6.55. The fourth-order valence-corrected chi connectivity index (χ4v) is 6.29. The number of nitrogens with one attached hydrogen (secondary N) is 1. The maximum Gasteiger partial charge on any atom is 0.264 e. The number of benzene rings is 3. The average molecular weight is 667 g/mol. The lowest BCUT2D eigenvalue weighted by Crippen LogP contribution is -2.51. The summed E-state index contributed by atoms with van der Waals surface area (Å²) in [5, 5.41) is 3.52. The second-order valence-corrected chi connectivity index (χ2v) is 13.8. The van der Waals surface area contributed by atoms with E-state index in [2.05, 4.69) is 5.32 Å². The van der Waals surface area contributed by atoms with Gasteiger partial charge in [0.2, 0.25) is 11.8 Å². The van der Waals surface area contributed by atoms with Crippen LogP contribution in [0.5, 0.6) is 5.75 Å². The molecule has 43 heavy (non-hydrogen) atoms. The van der Waals surface area contributed by atoms with Crippen LogP contribution in [0.25, 0.3) is 0 Å². The van der Waals surface area contributed by atoms with E-state index in [1.807, 2.05) is 27.0 Å². The van der Waals surface area contributed by atoms with Crippen molar-refractivity contribution in [3.63, 3.8) is 0 Å². The molecule has 8 nitrogen and oxygen atoms in total. The van der Waals surface area contributed by atoms with Gasteiger partial charge in [0, 0.05) is 18.0 Å². The topological polar surface area (TPSA) is 96.0 Å². The Morgan fingerprint density at radius 1 is 0.953 bits per heavy atom. The summed E-state index contributed by atoms with van der Waals surface area (Å²) in [6.45, 7) is 7.72. The Labute approximate surface area is 268 Å². The Bertz CT molecular complexity index is 1500. The van der Waals surface area contributed by atoms with Crippen molar-refractivity contribution < 1.29 is 22.7 Å². The highest BCUT2D eigenvalue weighted by atomic mass is 35.5. The number of nitrogens with zero attached hydrogens (tertiary/aromatic N) is 2. The first-order valence-corrected chi connectivity index (χ1v) is 17.2. The number of carbonyl (C=O) groups is 2. The first-order chi connectivity index (χ1) is 20.4. The highest BCUT2D eigenvalue weighted by Gasteiger charge is 2.32. The standard InChI is InChI=1S/C31H37Cl2N3O5S2/c1-6-41-25-10-8-24(9-11-25)36(43(39,40)27-14-12-26(42-5)13-15-27)20-30(37)35(22(4)31(38)34-18-21(2)3)19-23-7-16-28(32)29(33)17-23/h7-17,21-22H,6,18-20H2,1-5H3,(H,34,38)/t22-/m0/s1. The molecule has 3 rings (SSSR count). The van der Waals surface area contributed by atoms with E-state index in [9.17, 15) is 18.0 Å². The molecule has 0 radical (unpaired) electrons. The van der Waals surface area contributed by atoms with Gasteiger partial charge in [-0.05, 0) is 92.2 Å². The predicted octanol–water partition coefficient (Wildman–Crippen LogP) is 6.50. The fraction of sp³-hybridized carbons (Fsp3) is 0.355. The molecule has 0 aliphatic heterocycles. The minimum Gasteiger partial charge on any atom is -0.494 e. The smallest absolute Gasteiger partial charge is 0.264 e. The Morgan fingerprint density at radius 3 is 2.16 bits per heavy atom. The Hall–Kier alpha value is -2.92. The normalized spacial score (nSPS) is 12.1. The van der Waals surface area contributed by atoms with Crippen molar-refractivity contribution in [3.05, 3.63) is 82.3 Å². The zero-order valence-electron chi connectivity index (χ0n) is 24.8. The van der Waals surface area contributed by atoms with Crippen molar-refractivity contribution in [3.8, 4) is 5.75 Å². The zero-order chi connectivity index (χ0) is 31.7. The van der Waals surface area contributed by atoms with Crippen molar-refractivity contribution in [2.45, 2.75) is 50.1 Å². The largest absolute Gasteiger partial charge is 0.494 e. The molecule has 0 heterocycles. The van der Waals surface area contributed by atoms with Crippen LogP contribution >= 0.6 is 35.0 Å². The number of thioether (sulfide) groups is 1. The van der Waals surface area contributed by atoms with E-state index < -0.39 is 28.5 Å². The first kappa shape index (κ1) is 34.6. The van der Waals surface area contributed by atoms with Gasteiger partial charge in [-0.25, -0.2) is 8.42 Å². The maximum atomic E-state index is 14.1. The van der Waals surface area contributed by atoms with Crippen molar-refractivity contribution in [1.82, 2.24) is 10.2 Å². The lowest BCUT2D eigenvalue weighted by molar-refractivity contribution is -0.139. The molecular formula is C31H37Cl2N3O5S2. The average Bonchev–Trinajstić information content (AvgIpc) is 2.99. The van der Waals surface area contributed by atoms with Crippen molar-refractivity contribution in [1.29, 1.82) is 0 Å². The van der Waals surface area contributed by atoms with E-state index in [-0.39, 0.29) is 29.0 Å². The Balaban J connectivity index is 2.04. The summed E-state index contributed by atoms with van der Waals surface area (Å²) < 4.78 is 34.6. The highest BCUT2D eigenvalue weighted by molar-refractivity contribution is 7.98. The van der Waals surface area contributed by atoms with Crippen LogP contribution < -0.4 is 14.4 Å². The van der Waals surface area contributed by atoms with Gasteiger partial charge in [0.05, 0.1) is 27.2 Å². The number of amides is 2. The molecule has 0 aliphatic carbocycles. The molecule has 0 aliphatic rings. The molecule has 232 valence electrons. The van der Waals surface area contributed by atoms with Crippen molar-refractivity contribution in [2.24, 2.45) is 5.92 Å². The summed E-state index contributed by atoms with van der Waals surface area (Å²) in [6.07, 6.45) is 1.90. The quantitative estimate of drug-likeness (QED) is 0.198. The van der Waals surface area contributed by atoms with Gasteiger partial charge in [0.15, 0.2) is 0 Å². The van der Waals surface area contributed by atoms with Crippen LogP contribution in [-0.4, -0.2) is 57.1 Å². The summed E-state index contributed by atoms with van der Waals surface area (Å²) in [6, 6.07) is 17.0. The molecular weight excluding hydrogens is 629 g/mol. The first-order valence-electron chi connectivity index (χ1n) is 13.8. The summed E-state index contributed by atoms with van der Waals surface area (Å²) in [5.41, 5.74) is 0.909. The minimum absolute atomic E-state index is 0.00553.